The largest absolute Gasteiger partial charge is 0.370 e. The number of nitrogens with zero attached hydrogens (tertiary/aromatic N) is 3. The van der Waals surface area contributed by atoms with Crippen molar-refractivity contribution < 1.29 is 0 Å². The minimum absolute atomic E-state index is 0.658. The number of halogens is 1. The Morgan fingerprint density at radius 2 is 2.28 bits per heavy atom. The molecule has 0 saturated carbocycles. The summed E-state index contributed by atoms with van der Waals surface area (Å²) in [6, 6.07) is 2.59. The molecule has 5 heteroatoms. The second-order valence-electron chi connectivity index (χ2n) is 5.25. The zero-order valence-corrected chi connectivity index (χ0v) is 12.9. The van der Waals surface area contributed by atoms with E-state index in [1.807, 2.05) is 13.0 Å². The van der Waals surface area contributed by atoms with Gasteiger partial charge in [0.05, 0.1) is 0 Å². The lowest BCUT2D eigenvalue weighted by atomic mass is 10.1. The van der Waals surface area contributed by atoms with Gasteiger partial charge in [-0.25, -0.2) is 9.97 Å². The highest BCUT2D eigenvalue weighted by atomic mass is 79.9. The third kappa shape index (κ3) is 3.65. The third-order valence-corrected chi connectivity index (χ3v) is 3.83. The Morgan fingerprint density at radius 3 is 2.89 bits per heavy atom. The summed E-state index contributed by atoms with van der Waals surface area (Å²) >= 11 is 3.40. The van der Waals surface area contributed by atoms with Crippen LogP contribution in [0.25, 0.3) is 0 Å². The smallest absolute Gasteiger partial charge is 0.130 e. The van der Waals surface area contributed by atoms with Crippen molar-refractivity contribution in [1.29, 1.82) is 0 Å². The van der Waals surface area contributed by atoms with E-state index in [1.165, 1.54) is 19.5 Å². The molecule has 4 nitrogen and oxygen atoms in total. The van der Waals surface area contributed by atoms with Crippen LogP contribution in [0.5, 0.6) is 0 Å². The number of nitrogens with one attached hydrogen (secondary N) is 1. The molecule has 0 amide bonds. The quantitative estimate of drug-likeness (QED) is 0.868. The van der Waals surface area contributed by atoms with Crippen LogP contribution in [-0.4, -0.2) is 40.5 Å². The fourth-order valence-electron chi connectivity index (χ4n) is 2.37. The highest BCUT2D eigenvalue weighted by Gasteiger charge is 2.23. The van der Waals surface area contributed by atoms with Crippen molar-refractivity contribution in [3.63, 3.8) is 0 Å². The maximum Gasteiger partial charge on any atom is 0.130 e. The molecular weight excluding hydrogens is 292 g/mol. The van der Waals surface area contributed by atoms with Crippen LogP contribution in [0.2, 0.25) is 0 Å². The van der Waals surface area contributed by atoms with Crippen LogP contribution in [0.1, 0.15) is 26.1 Å². The van der Waals surface area contributed by atoms with E-state index >= 15 is 0 Å². The number of aromatic nitrogens is 2. The Bertz CT molecular complexity index is 388. The van der Waals surface area contributed by atoms with Crippen molar-refractivity contribution >= 4 is 21.7 Å². The van der Waals surface area contributed by atoms with Gasteiger partial charge in [0.15, 0.2) is 0 Å². The van der Waals surface area contributed by atoms with Gasteiger partial charge in [-0.05, 0) is 55.6 Å². The molecule has 2 rings (SSSR count). The van der Waals surface area contributed by atoms with Gasteiger partial charge in [0.2, 0.25) is 0 Å². The number of aryl methyl sites for hydroxylation is 1. The minimum Gasteiger partial charge on any atom is -0.370 e. The normalized spacial score (nSPS) is 20.6. The predicted octanol–water partition coefficient (Wildman–Crippen LogP) is 2.69. The van der Waals surface area contributed by atoms with Crippen LogP contribution in [0, 0.1) is 12.8 Å². The van der Waals surface area contributed by atoms with Gasteiger partial charge >= 0.3 is 0 Å². The van der Waals surface area contributed by atoms with Crippen LogP contribution >= 0.6 is 15.9 Å². The highest BCUT2D eigenvalue weighted by molar-refractivity contribution is 9.10. The van der Waals surface area contributed by atoms with Crippen LogP contribution < -0.4 is 5.32 Å². The lowest BCUT2D eigenvalue weighted by molar-refractivity contribution is 0.266. The Hall–Kier alpha value is -0.680. The maximum atomic E-state index is 4.38. The minimum atomic E-state index is 0.658. The first-order valence-corrected chi connectivity index (χ1v) is 7.33. The summed E-state index contributed by atoms with van der Waals surface area (Å²) in [5.74, 6) is 2.43. The molecule has 1 aliphatic heterocycles. The summed E-state index contributed by atoms with van der Waals surface area (Å²) in [5, 5.41) is 3.42. The van der Waals surface area contributed by atoms with E-state index in [9.17, 15) is 0 Å². The molecule has 2 heterocycles. The number of hydrogen-bond donors (Lipinski definition) is 1. The van der Waals surface area contributed by atoms with E-state index in [-0.39, 0.29) is 0 Å². The average molecular weight is 313 g/mol. The Labute approximate surface area is 117 Å². The summed E-state index contributed by atoms with van der Waals surface area (Å²) in [6.45, 7) is 9.84. The van der Waals surface area contributed by atoms with E-state index in [0.717, 1.165) is 28.7 Å². The van der Waals surface area contributed by atoms with Gasteiger partial charge in [-0.15, -0.1) is 0 Å². The molecule has 1 aromatic rings. The first-order chi connectivity index (χ1) is 8.54. The Morgan fingerprint density at radius 1 is 1.50 bits per heavy atom. The summed E-state index contributed by atoms with van der Waals surface area (Å²) in [6.07, 6.45) is 1.27. The second kappa shape index (κ2) is 5.97. The fraction of sp³-hybridized carbons (Fsp3) is 0.692. The van der Waals surface area contributed by atoms with Crippen LogP contribution in [-0.2, 0) is 0 Å². The van der Waals surface area contributed by atoms with Crippen molar-refractivity contribution in [1.82, 2.24) is 14.9 Å². The number of likely N-dealkylation sites (tertiary alicyclic amines) is 1. The molecule has 1 N–H and O–H groups in total. The summed E-state index contributed by atoms with van der Waals surface area (Å²) in [4.78, 5) is 11.1. The van der Waals surface area contributed by atoms with Crippen LogP contribution in [0.4, 0.5) is 5.82 Å². The molecule has 1 saturated heterocycles. The molecule has 1 aromatic heterocycles. The van der Waals surface area contributed by atoms with Crippen molar-refractivity contribution in [2.75, 3.05) is 25.0 Å². The van der Waals surface area contributed by atoms with Crippen molar-refractivity contribution in [2.24, 2.45) is 5.92 Å². The highest BCUT2D eigenvalue weighted by Crippen LogP contribution is 2.19. The van der Waals surface area contributed by atoms with Gasteiger partial charge in [0.25, 0.3) is 0 Å². The number of hydrogen-bond acceptors (Lipinski definition) is 4. The van der Waals surface area contributed by atoms with Gasteiger partial charge < -0.3 is 10.2 Å². The molecule has 1 unspecified atom stereocenters. The first-order valence-electron chi connectivity index (χ1n) is 6.53. The Balaban J connectivity index is 1.85. The van der Waals surface area contributed by atoms with E-state index in [0.29, 0.717) is 6.04 Å². The van der Waals surface area contributed by atoms with Crippen molar-refractivity contribution in [3.8, 4) is 0 Å². The average Bonchev–Trinajstić information content (AvgIpc) is 2.73. The molecule has 100 valence electrons. The van der Waals surface area contributed by atoms with E-state index in [4.69, 9.17) is 0 Å². The molecule has 18 heavy (non-hydrogen) atoms. The van der Waals surface area contributed by atoms with E-state index in [2.05, 4.69) is 50.0 Å². The molecule has 0 aliphatic carbocycles. The molecule has 0 bridgehead atoms. The molecule has 0 spiro atoms. The van der Waals surface area contributed by atoms with Crippen LogP contribution in [0.3, 0.4) is 0 Å². The molecule has 1 aliphatic rings. The maximum absolute atomic E-state index is 4.38. The first kappa shape index (κ1) is 13.7. The van der Waals surface area contributed by atoms with Gasteiger partial charge in [-0.1, -0.05) is 0 Å². The molecule has 1 atom stereocenters. The standard InChI is InChI=1S/C13H21BrN4/c1-9(2)18-5-4-11(8-18)7-15-13-6-12(14)16-10(3)17-13/h6,9,11H,4-5,7-8H2,1-3H3,(H,15,16,17). The van der Waals surface area contributed by atoms with Crippen molar-refractivity contribution in [2.45, 2.75) is 33.2 Å². The second-order valence-corrected chi connectivity index (χ2v) is 6.06. The monoisotopic (exact) mass is 312 g/mol. The van der Waals surface area contributed by atoms with Gasteiger partial charge in [-0.3, -0.25) is 0 Å². The zero-order chi connectivity index (χ0) is 13.1. The number of anilines is 1. The van der Waals surface area contributed by atoms with Gasteiger partial charge in [-0.2, -0.15) is 0 Å². The molecule has 1 fully saturated rings. The molecule has 0 radical (unpaired) electrons. The SMILES string of the molecule is Cc1nc(Br)cc(NCC2CCN(C(C)C)C2)n1. The fourth-order valence-corrected chi connectivity index (χ4v) is 2.84. The van der Waals surface area contributed by atoms with Gasteiger partial charge in [0.1, 0.15) is 16.2 Å². The van der Waals surface area contributed by atoms with E-state index < -0.39 is 0 Å². The summed E-state index contributed by atoms with van der Waals surface area (Å²) < 4.78 is 0.840. The number of rotatable bonds is 4. The molecule has 0 aromatic carbocycles. The summed E-state index contributed by atoms with van der Waals surface area (Å²) in [7, 11) is 0. The third-order valence-electron chi connectivity index (χ3n) is 3.43. The zero-order valence-electron chi connectivity index (χ0n) is 11.3. The van der Waals surface area contributed by atoms with Gasteiger partial charge in [0, 0.05) is 25.2 Å². The lowest BCUT2D eigenvalue weighted by Crippen LogP contribution is -2.29. The molecular formula is C13H21BrN4. The Kier molecular flexibility index (Phi) is 4.56. The predicted molar refractivity (Wildman–Crippen MR) is 77.8 cm³/mol. The lowest BCUT2D eigenvalue weighted by Gasteiger charge is -2.20. The van der Waals surface area contributed by atoms with Crippen molar-refractivity contribution in [3.05, 3.63) is 16.5 Å². The van der Waals surface area contributed by atoms with Crippen LogP contribution in [0.15, 0.2) is 10.7 Å². The van der Waals surface area contributed by atoms with E-state index in [1.54, 1.807) is 0 Å². The topological polar surface area (TPSA) is 41.1 Å². The summed E-state index contributed by atoms with van der Waals surface area (Å²) in [5.41, 5.74) is 0.